The van der Waals surface area contributed by atoms with Crippen molar-refractivity contribution in [2.45, 2.75) is 50.3 Å². The van der Waals surface area contributed by atoms with E-state index >= 15 is 0 Å². The summed E-state index contributed by atoms with van der Waals surface area (Å²) in [6.45, 7) is 8.95. The SMILES string of the molecule is Cc1cc(C)nc(Sc2cccc(Cl)c2CNC(C)C)n1. The zero-order valence-corrected chi connectivity index (χ0v) is 14.3. The van der Waals surface area contributed by atoms with E-state index in [1.165, 1.54) is 0 Å². The van der Waals surface area contributed by atoms with Crippen LogP contribution >= 0.6 is 23.4 Å². The standard InChI is InChI=1S/C16H20ClN3S/c1-10(2)18-9-13-14(17)6-5-7-15(13)21-16-19-11(3)8-12(4)20-16/h5-8,10,18H,9H2,1-4H3. The van der Waals surface area contributed by atoms with Crippen LogP contribution in [0.3, 0.4) is 0 Å². The molecule has 0 saturated heterocycles. The molecule has 1 heterocycles. The van der Waals surface area contributed by atoms with Gasteiger partial charge in [-0.25, -0.2) is 9.97 Å². The highest BCUT2D eigenvalue weighted by molar-refractivity contribution is 7.99. The molecule has 0 aliphatic carbocycles. The molecule has 21 heavy (non-hydrogen) atoms. The van der Waals surface area contributed by atoms with Gasteiger partial charge in [0.1, 0.15) is 0 Å². The van der Waals surface area contributed by atoms with Crippen LogP contribution in [0.15, 0.2) is 34.3 Å². The van der Waals surface area contributed by atoms with E-state index in [2.05, 4.69) is 35.2 Å². The van der Waals surface area contributed by atoms with Crippen LogP contribution in [0.1, 0.15) is 30.8 Å². The molecule has 3 nitrogen and oxygen atoms in total. The summed E-state index contributed by atoms with van der Waals surface area (Å²) >= 11 is 7.91. The minimum absolute atomic E-state index is 0.414. The maximum absolute atomic E-state index is 6.35. The van der Waals surface area contributed by atoms with Crippen molar-refractivity contribution in [3.05, 3.63) is 46.2 Å². The molecule has 2 rings (SSSR count). The highest BCUT2D eigenvalue weighted by atomic mass is 35.5. The molecule has 1 N–H and O–H groups in total. The molecular formula is C16H20ClN3S. The molecule has 0 bridgehead atoms. The molecule has 0 saturated carbocycles. The summed E-state index contributed by atoms with van der Waals surface area (Å²) in [5.41, 5.74) is 3.06. The lowest BCUT2D eigenvalue weighted by Crippen LogP contribution is -2.22. The fraction of sp³-hybridized carbons (Fsp3) is 0.375. The molecule has 1 aromatic carbocycles. The predicted octanol–water partition coefficient (Wildman–Crippen LogP) is 4.40. The average Bonchev–Trinajstić information content (AvgIpc) is 2.36. The van der Waals surface area contributed by atoms with Gasteiger partial charge in [0.15, 0.2) is 5.16 Å². The van der Waals surface area contributed by atoms with E-state index in [0.29, 0.717) is 6.04 Å². The lowest BCUT2D eigenvalue weighted by Gasteiger charge is -2.13. The molecule has 0 radical (unpaired) electrons. The molecule has 1 aromatic heterocycles. The van der Waals surface area contributed by atoms with Crippen molar-refractivity contribution in [3.63, 3.8) is 0 Å². The number of halogens is 1. The van der Waals surface area contributed by atoms with Gasteiger partial charge in [-0.15, -0.1) is 0 Å². The van der Waals surface area contributed by atoms with Crippen LogP contribution < -0.4 is 5.32 Å². The number of nitrogens with one attached hydrogen (secondary N) is 1. The van der Waals surface area contributed by atoms with Crippen molar-refractivity contribution in [2.24, 2.45) is 0 Å². The number of nitrogens with zero attached hydrogens (tertiary/aromatic N) is 2. The third kappa shape index (κ3) is 4.70. The van der Waals surface area contributed by atoms with Gasteiger partial charge in [0.2, 0.25) is 0 Å². The summed E-state index contributed by atoms with van der Waals surface area (Å²) in [5, 5.41) is 4.95. The largest absolute Gasteiger partial charge is 0.310 e. The van der Waals surface area contributed by atoms with E-state index in [1.54, 1.807) is 11.8 Å². The first kappa shape index (κ1) is 16.3. The maximum Gasteiger partial charge on any atom is 0.192 e. The highest BCUT2D eigenvalue weighted by Gasteiger charge is 2.11. The molecule has 0 unspecified atom stereocenters. The Hall–Kier alpha value is -1.10. The van der Waals surface area contributed by atoms with Gasteiger partial charge in [-0.1, -0.05) is 31.5 Å². The Morgan fingerprint density at radius 3 is 2.48 bits per heavy atom. The van der Waals surface area contributed by atoms with Crippen molar-refractivity contribution in [1.29, 1.82) is 0 Å². The minimum atomic E-state index is 0.414. The second-order valence-corrected chi connectivity index (χ2v) is 6.70. The Balaban J connectivity index is 2.28. The molecule has 0 amide bonds. The number of benzene rings is 1. The predicted molar refractivity (Wildman–Crippen MR) is 89.1 cm³/mol. The summed E-state index contributed by atoms with van der Waals surface area (Å²) in [6, 6.07) is 8.34. The van der Waals surface area contributed by atoms with E-state index in [-0.39, 0.29) is 0 Å². The fourth-order valence-corrected chi connectivity index (χ4v) is 3.28. The second-order valence-electron chi connectivity index (χ2n) is 5.29. The van der Waals surface area contributed by atoms with Crippen LogP contribution in [0.4, 0.5) is 0 Å². The van der Waals surface area contributed by atoms with Gasteiger partial charge in [0.05, 0.1) is 0 Å². The van der Waals surface area contributed by atoms with Crippen LogP contribution in [0, 0.1) is 13.8 Å². The molecule has 0 aliphatic heterocycles. The molecule has 0 fully saturated rings. The van der Waals surface area contributed by atoms with Crippen molar-refractivity contribution >= 4 is 23.4 Å². The topological polar surface area (TPSA) is 37.8 Å². The Morgan fingerprint density at radius 1 is 1.19 bits per heavy atom. The minimum Gasteiger partial charge on any atom is -0.310 e. The highest BCUT2D eigenvalue weighted by Crippen LogP contribution is 2.32. The molecular weight excluding hydrogens is 302 g/mol. The third-order valence-corrected chi connectivity index (χ3v) is 4.25. The van der Waals surface area contributed by atoms with Crippen LogP contribution in [-0.4, -0.2) is 16.0 Å². The van der Waals surface area contributed by atoms with Crippen LogP contribution in [0.5, 0.6) is 0 Å². The lowest BCUT2D eigenvalue weighted by molar-refractivity contribution is 0.585. The first-order chi connectivity index (χ1) is 9.95. The zero-order chi connectivity index (χ0) is 15.4. The lowest BCUT2D eigenvalue weighted by atomic mass is 10.2. The third-order valence-electron chi connectivity index (χ3n) is 2.93. The fourth-order valence-electron chi connectivity index (χ4n) is 1.95. The molecule has 112 valence electrons. The van der Waals surface area contributed by atoms with Crippen molar-refractivity contribution < 1.29 is 0 Å². The normalized spacial score (nSPS) is 11.1. The smallest absolute Gasteiger partial charge is 0.192 e. The summed E-state index contributed by atoms with van der Waals surface area (Å²) in [6.07, 6.45) is 0. The quantitative estimate of drug-likeness (QED) is 0.828. The van der Waals surface area contributed by atoms with Gasteiger partial charge in [-0.05, 0) is 49.4 Å². The molecule has 0 spiro atoms. The number of hydrogen-bond donors (Lipinski definition) is 1. The van der Waals surface area contributed by atoms with Gasteiger partial charge in [0.25, 0.3) is 0 Å². The molecule has 2 aromatic rings. The van der Waals surface area contributed by atoms with Crippen LogP contribution in [-0.2, 0) is 6.54 Å². The van der Waals surface area contributed by atoms with E-state index in [1.807, 2.05) is 32.0 Å². The van der Waals surface area contributed by atoms with Gasteiger partial charge >= 0.3 is 0 Å². The van der Waals surface area contributed by atoms with E-state index in [4.69, 9.17) is 11.6 Å². The van der Waals surface area contributed by atoms with E-state index in [0.717, 1.165) is 38.6 Å². The van der Waals surface area contributed by atoms with Gasteiger partial charge < -0.3 is 5.32 Å². The summed E-state index contributed by atoms with van der Waals surface area (Å²) in [5.74, 6) is 0. The first-order valence-electron chi connectivity index (χ1n) is 6.96. The maximum atomic E-state index is 6.35. The number of rotatable bonds is 5. The molecule has 0 atom stereocenters. The Morgan fingerprint density at radius 2 is 1.86 bits per heavy atom. The van der Waals surface area contributed by atoms with Crippen molar-refractivity contribution in [3.8, 4) is 0 Å². The Bertz CT molecular complexity index is 609. The number of hydrogen-bond acceptors (Lipinski definition) is 4. The molecule has 5 heteroatoms. The second kappa shape index (κ2) is 7.25. The van der Waals surface area contributed by atoms with Crippen molar-refractivity contribution in [2.75, 3.05) is 0 Å². The summed E-state index contributed by atoms with van der Waals surface area (Å²) < 4.78 is 0. The van der Waals surface area contributed by atoms with Crippen molar-refractivity contribution in [1.82, 2.24) is 15.3 Å². The molecule has 0 aliphatic rings. The zero-order valence-electron chi connectivity index (χ0n) is 12.8. The van der Waals surface area contributed by atoms with Crippen LogP contribution in [0.2, 0.25) is 5.02 Å². The van der Waals surface area contributed by atoms with Crippen LogP contribution in [0.25, 0.3) is 0 Å². The number of aryl methyl sites for hydroxylation is 2. The average molecular weight is 322 g/mol. The van der Waals surface area contributed by atoms with Gasteiger partial charge in [-0.2, -0.15) is 0 Å². The number of aromatic nitrogens is 2. The van der Waals surface area contributed by atoms with E-state index < -0.39 is 0 Å². The van der Waals surface area contributed by atoms with Gasteiger partial charge in [-0.3, -0.25) is 0 Å². The summed E-state index contributed by atoms with van der Waals surface area (Å²) in [7, 11) is 0. The monoisotopic (exact) mass is 321 g/mol. The summed E-state index contributed by atoms with van der Waals surface area (Å²) in [4.78, 5) is 10.1. The first-order valence-corrected chi connectivity index (χ1v) is 8.16. The van der Waals surface area contributed by atoms with E-state index in [9.17, 15) is 0 Å². The Labute approximate surface area is 135 Å². The Kier molecular flexibility index (Phi) is 5.62. The van der Waals surface area contributed by atoms with Gasteiger partial charge in [0, 0.05) is 33.9 Å².